The van der Waals surface area contributed by atoms with Crippen molar-refractivity contribution in [2.45, 2.75) is 84.5 Å². The normalized spacial score (nSPS) is 20.5. The van der Waals surface area contributed by atoms with Crippen LogP contribution >= 0.6 is 0 Å². The van der Waals surface area contributed by atoms with Gasteiger partial charge in [0.1, 0.15) is 6.61 Å². The zero-order chi connectivity index (χ0) is 38.5. The van der Waals surface area contributed by atoms with Crippen molar-refractivity contribution >= 4 is 35.8 Å². The minimum absolute atomic E-state index is 0.182. The van der Waals surface area contributed by atoms with Crippen molar-refractivity contribution < 1.29 is 80.9 Å². The second-order valence-corrected chi connectivity index (χ2v) is 11.1. The highest BCUT2D eigenvalue weighted by Gasteiger charge is 2.56. The molecule has 0 spiro atoms. The van der Waals surface area contributed by atoms with Crippen LogP contribution in [0.5, 0.6) is 23.0 Å². The van der Waals surface area contributed by atoms with Crippen LogP contribution in [0.1, 0.15) is 53.2 Å². The molecule has 0 radical (unpaired) electrons. The van der Waals surface area contributed by atoms with Crippen molar-refractivity contribution in [3.63, 3.8) is 0 Å². The molecule has 2 aromatic carbocycles. The molecule has 1 aliphatic heterocycles. The second kappa shape index (κ2) is 19.1. The number of hydrogen-bond acceptors (Lipinski definition) is 17. The molecule has 0 bridgehead atoms. The highest BCUT2D eigenvalue weighted by molar-refractivity contribution is 5.78. The molecule has 1 heterocycles. The Balaban J connectivity index is 2.21. The van der Waals surface area contributed by atoms with Crippen molar-refractivity contribution in [2.75, 3.05) is 27.4 Å². The van der Waals surface area contributed by atoms with Gasteiger partial charge in [-0.15, -0.1) is 0 Å². The molecular formula is C35H42O17. The maximum atomic E-state index is 14.3. The van der Waals surface area contributed by atoms with Gasteiger partial charge >= 0.3 is 35.8 Å². The summed E-state index contributed by atoms with van der Waals surface area (Å²) in [5.41, 5.74) is 0.242. The third-order valence-electron chi connectivity index (χ3n) is 7.11. The van der Waals surface area contributed by atoms with E-state index in [2.05, 4.69) is 0 Å². The molecule has 2 aromatic rings. The van der Waals surface area contributed by atoms with Crippen LogP contribution in [0.2, 0.25) is 0 Å². The number of methoxy groups -OCH3 is 2. The molecule has 1 fully saturated rings. The summed E-state index contributed by atoms with van der Waals surface area (Å²) in [5, 5.41) is 0. The van der Waals surface area contributed by atoms with Crippen LogP contribution in [0.25, 0.3) is 0 Å². The van der Waals surface area contributed by atoms with E-state index in [4.69, 9.17) is 52.1 Å². The van der Waals surface area contributed by atoms with Crippen molar-refractivity contribution in [1.82, 2.24) is 0 Å². The predicted molar refractivity (Wildman–Crippen MR) is 174 cm³/mol. The standard InChI is InChI=1S/C35H42O17/c1-9-44-25-15-14-23(16-27(25)43-8)29(28(17-45-18(2)36)50-26-13-11-10-12-24(26)42-7)51-34(41)32-30(46-19(3)37)31(47-20(4)38)33(48-21(5)39)35(52-32)49-22(6)40/h10-16,28-33,35H,9,17H2,1-8H3/t28?,29?,30-,31-,32-,33+,35-/m0/s1. The van der Waals surface area contributed by atoms with Gasteiger partial charge in [0.2, 0.25) is 12.4 Å². The average Bonchev–Trinajstić information content (AvgIpc) is 3.07. The first-order valence-corrected chi connectivity index (χ1v) is 16.0. The van der Waals surface area contributed by atoms with Crippen LogP contribution in [0, 0.1) is 0 Å². The lowest BCUT2D eigenvalue weighted by Gasteiger charge is -2.43. The van der Waals surface area contributed by atoms with Gasteiger partial charge in [0.25, 0.3) is 0 Å². The van der Waals surface area contributed by atoms with Gasteiger partial charge in [-0.25, -0.2) is 4.79 Å². The number of rotatable bonds is 16. The molecule has 3 rings (SSSR count). The van der Waals surface area contributed by atoms with Gasteiger partial charge in [-0.1, -0.05) is 18.2 Å². The van der Waals surface area contributed by atoms with Gasteiger partial charge in [-0.2, -0.15) is 0 Å². The maximum absolute atomic E-state index is 14.3. The molecule has 1 aliphatic rings. The number of benzene rings is 2. The third kappa shape index (κ3) is 11.2. The van der Waals surface area contributed by atoms with E-state index in [1.165, 1.54) is 27.2 Å². The molecule has 2 unspecified atom stereocenters. The Morgan fingerprint density at radius 1 is 0.673 bits per heavy atom. The van der Waals surface area contributed by atoms with E-state index in [0.29, 0.717) is 18.1 Å². The Morgan fingerprint density at radius 3 is 1.81 bits per heavy atom. The molecule has 52 heavy (non-hydrogen) atoms. The largest absolute Gasteiger partial charge is 0.493 e. The van der Waals surface area contributed by atoms with E-state index < -0.39 is 85.3 Å². The Morgan fingerprint density at radius 2 is 1.25 bits per heavy atom. The summed E-state index contributed by atoms with van der Waals surface area (Å²) in [6.07, 6.45) is -11.8. The molecule has 284 valence electrons. The van der Waals surface area contributed by atoms with Crippen LogP contribution in [-0.2, 0) is 61.9 Å². The fourth-order valence-corrected chi connectivity index (χ4v) is 5.17. The first-order valence-electron chi connectivity index (χ1n) is 16.0. The lowest BCUT2D eigenvalue weighted by molar-refractivity contribution is -0.295. The Labute approximate surface area is 299 Å². The molecule has 0 amide bonds. The van der Waals surface area contributed by atoms with Crippen LogP contribution in [0.15, 0.2) is 42.5 Å². The maximum Gasteiger partial charge on any atom is 0.340 e. The monoisotopic (exact) mass is 734 g/mol. The van der Waals surface area contributed by atoms with E-state index >= 15 is 0 Å². The van der Waals surface area contributed by atoms with Crippen LogP contribution in [0.4, 0.5) is 0 Å². The fraction of sp³-hybridized carbons (Fsp3) is 0.486. The summed E-state index contributed by atoms with van der Waals surface area (Å²) in [4.78, 5) is 75.2. The SMILES string of the molecule is CCOc1ccc(C(OC(=O)[C@H]2O[C@H](OC(C)=O)[C@H](OC(C)=O)[C@@H](OC(C)=O)[C@@H]2OC(C)=O)C(COC(C)=O)Oc2ccccc2OC)cc1OC. The second-order valence-electron chi connectivity index (χ2n) is 11.1. The highest BCUT2D eigenvalue weighted by Crippen LogP contribution is 2.37. The van der Waals surface area contributed by atoms with Gasteiger partial charge in [0.15, 0.2) is 53.5 Å². The van der Waals surface area contributed by atoms with Gasteiger partial charge in [0, 0.05) is 40.2 Å². The first kappa shape index (κ1) is 40.8. The summed E-state index contributed by atoms with van der Waals surface area (Å²) in [6.45, 7) is 6.85. The van der Waals surface area contributed by atoms with Crippen LogP contribution in [-0.4, -0.2) is 100 Å². The molecule has 0 aliphatic carbocycles. The quantitative estimate of drug-likeness (QED) is 0.180. The summed E-state index contributed by atoms with van der Waals surface area (Å²) >= 11 is 0. The van der Waals surface area contributed by atoms with E-state index in [0.717, 1.165) is 27.7 Å². The number of carbonyl (C=O) groups is 6. The van der Waals surface area contributed by atoms with Gasteiger partial charge in [-0.3, -0.25) is 24.0 Å². The van der Waals surface area contributed by atoms with E-state index in [1.54, 1.807) is 43.3 Å². The molecule has 0 saturated carbocycles. The van der Waals surface area contributed by atoms with Gasteiger partial charge in [-0.05, 0) is 31.2 Å². The number of para-hydroxylation sites is 2. The van der Waals surface area contributed by atoms with E-state index in [9.17, 15) is 28.8 Å². The van der Waals surface area contributed by atoms with E-state index in [1.807, 2.05) is 0 Å². The predicted octanol–water partition coefficient (Wildman–Crippen LogP) is 2.78. The zero-order valence-electron chi connectivity index (χ0n) is 29.9. The molecule has 0 aromatic heterocycles. The topological polar surface area (TPSA) is 204 Å². The first-order chi connectivity index (χ1) is 24.7. The van der Waals surface area contributed by atoms with Gasteiger partial charge < -0.3 is 52.1 Å². The highest BCUT2D eigenvalue weighted by atomic mass is 16.8. The third-order valence-corrected chi connectivity index (χ3v) is 7.11. The molecule has 7 atom stereocenters. The number of ether oxygens (including phenoxy) is 11. The van der Waals surface area contributed by atoms with Crippen LogP contribution < -0.4 is 18.9 Å². The molecular weight excluding hydrogens is 692 g/mol. The van der Waals surface area contributed by atoms with Crippen molar-refractivity contribution in [1.29, 1.82) is 0 Å². The van der Waals surface area contributed by atoms with Crippen molar-refractivity contribution in [3.8, 4) is 23.0 Å². The Hall–Kier alpha value is -5.58. The molecule has 17 nitrogen and oxygen atoms in total. The summed E-state index contributed by atoms with van der Waals surface area (Å²) in [5.74, 6) is -4.57. The molecule has 1 saturated heterocycles. The molecule has 0 N–H and O–H groups in total. The van der Waals surface area contributed by atoms with Crippen molar-refractivity contribution in [3.05, 3.63) is 48.0 Å². The smallest absolute Gasteiger partial charge is 0.340 e. The van der Waals surface area contributed by atoms with Crippen LogP contribution in [0.3, 0.4) is 0 Å². The van der Waals surface area contributed by atoms with Crippen molar-refractivity contribution in [2.24, 2.45) is 0 Å². The van der Waals surface area contributed by atoms with Gasteiger partial charge in [0.05, 0.1) is 20.8 Å². The van der Waals surface area contributed by atoms with E-state index in [-0.39, 0.29) is 17.1 Å². The Kier molecular flexibility index (Phi) is 15.0. The number of esters is 6. The fourth-order valence-electron chi connectivity index (χ4n) is 5.17. The average molecular weight is 735 g/mol. The minimum atomic E-state index is -1.97. The number of hydrogen-bond donors (Lipinski definition) is 0. The summed E-state index contributed by atoms with van der Waals surface area (Å²) in [7, 11) is 2.81. The lowest BCUT2D eigenvalue weighted by atomic mass is 9.97. The Bertz CT molecular complexity index is 1590. The zero-order valence-corrected chi connectivity index (χ0v) is 29.9. The number of carbonyl (C=O) groups excluding carboxylic acids is 6. The lowest BCUT2D eigenvalue weighted by Crippen LogP contribution is -2.64. The summed E-state index contributed by atoms with van der Waals surface area (Å²) < 4.78 is 61.3. The summed E-state index contributed by atoms with van der Waals surface area (Å²) in [6, 6.07) is 11.1. The minimum Gasteiger partial charge on any atom is -0.493 e. The molecule has 17 heteroatoms.